The van der Waals surface area contributed by atoms with Crippen LogP contribution >= 0.6 is 11.8 Å². The van der Waals surface area contributed by atoms with E-state index >= 15 is 0 Å². The Balaban J connectivity index is 1.68. The molecular weight excluding hydrogens is 252 g/mol. The molecule has 1 aliphatic rings. The van der Waals surface area contributed by atoms with E-state index in [9.17, 15) is 0 Å². The Morgan fingerprint density at radius 1 is 1.26 bits per heavy atom. The molecule has 1 saturated heterocycles. The van der Waals surface area contributed by atoms with Crippen LogP contribution in [0.1, 0.15) is 25.3 Å². The highest BCUT2D eigenvalue weighted by Gasteiger charge is 2.19. The van der Waals surface area contributed by atoms with Crippen molar-refractivity contribution in [3.8, 4) is 0 Å². The molecule has 1 fully saturated rings. The van der Waals surface area contributed by atoms with Gasteiger partial charge in [0, 0.05) is 24.4 Å². The Bertz CT molecular complexity index is 347. The lowest BCUT2D eigenvalue weighted by Crippen LogP contribution is -2.43. The summed E-state index contributed by atoms with van der Waals surface area (Å²) in [5.74, 6) is 0. The van der Waals surface area contributed by atoms with Gasteiger partial charge in [0.05, 0.1) is 0 Å². The lowest BCUT2D eigenvalue weighted by atomic mass is 10.0. The predicted molar refractivity (Wildman–Crippen MR) is 85.7 cm³/mol. The van der Waals surface area contributed by atoms with Gasteiger partial charge in [-0.1, -0.05) is 37.3 Å². The molecule has 0 amide bonds. The summed E-state index contributed by atoms with van der Waals surface area (Å²) in [6, 6.07) is 11.5. The van der Waals surface area contributed by atoms with Gasteiger partial charge in [-0.15, -0.1) is 0 Å². The predicted octanol–water partition coefficient (Wildman–Crippen LogP) is 2.99. The van der Waals surface area contributed by atoms with E-state index in [1.807, 2.05) is 11.8 Å². The fourth-order valence-corrected chi connectivity index (χ4v) is 2.82. The molecule has 1 heterocycles. The van der Waals surface area contributed by atoms with Gasteiger partial charge in [0.15, 0.2) is 0 Å². The smallest absolute Gasteiger partial charge is 0.0233 e. The van der Waals surface area contributed by atoms with Crippen LogP contribution < -0.4 is 5.32 Å². The average molecular weight is 278 g/mol. The molecule has 1 atom stereocenters. The number of hydrogen-bond acceptors (Lipinski definition) is 3. The van der Waals surface area contributed by atoms with Gasteiger partial charge in [-0.2, -0.15) is 11.8 Å². The van der Waals surface area contributed by atoms with E-state index in [1.165, 1.54) is 31.5 Å². The van der Waals surface area contributed by atoms with E-state index in [1.54, 1.807) is 0 Å². The van der Waals surface area contributed by atoms with Crippen molar-refractivity contribution in [3.63, 3.8) is 0 Å². The minimum atomic E-state index is 0.724. The van der Waals surface area contributed by atoms with Gasteiger partial charge in [-0.25, -0.2) is 0 Å². The summed E-state index contributed by atoms with van der Waals surface area (Å²) in [4.78, 5) is 2.57. The van der Waals surface area contributed by atoms with E-state index in [2.05, 4.69) is 53.7 Å². The summed E-state index contributed by atoms with van der Waals surface area (Å²) in [6.45, 7) is 6.99. The first-order chi connectivity index (χ1) is 9.28. The number of likely N-dealkylation sites (tertiary alicyclic amines) is 1. The Morgan fingerprint density at radius 2 is 1.95 bits per heavy atom. The van der Waals surface area contributed by atoms with Crippen LogP contribution in [0.5, 0.6) is 0 Å². The number of thioether (sulfide) groups is 1. The maximum atomic E-state index is 3.71. The first-order valence-electron chi connectivity index (χ1n) is 7.30. The van der Waals surface area contributed by atoms with Crippen LogP contribution in [0.2, 0.25) is 0 Å². The summed E-state index contributed by atoms with van der Waals surface area (Å²) < 4.78 is 0. The second-order valence-corrected chi connectivity index (χ2v) is 6.77. The van der Waals surface area contributed by atoms with Crippen LogP contribution in [0.15, 0.2) is 30.3 Å². The van der Waals surface area contributed by atoms with E-state index in [0.717, 1.165) is 24.4 Å². The molecular formula is C16H26N2S. The molecule has 19 heavy (non-hydrogen) atoms. The second-order valence-electron chi connectivity index (χ2n) is 5.49. The molecule has 106 valence electrons. The lowest BCUT2D eigenvalue weighted by molar-refractivity contribution is 0.191. The first-order valence-corrected chi connectivity index (χ1v) is 8.59. The van der Waals surface area contributed by atoms with Gasteiger partial charge in [-0.3, -0.25) is 4.90 Å². The first kappa shape index (κ1) is 14.9. The van der Waals surface area contributed by atoms with Crippen LogP contribution in [0, 0.1) is 0 Å². The van der Waals surface area contributed by atoms with Crippen molar-refractivity contribution in [1.29, 1.82) is 0 Å². The molecule has 0 spiro atoms. The highest BCUT2D eigenvalue weighted by Crippen LogP contribution is 2.14. The fourth-order valence-electron chi connectivity index (χ4n) is 2.55. The van der Waals surface area contributed by atoms with Crippen molar-refractivity contribution in [2.75, 3.05) is 25.9 Å². The van der Waals surface area contributed by atoms with Crippen LogP contribution in [-0.4, -0.2) is 42.1 Å². The zero-order chi connectivity index (χ0) is 13.5. The largest absolute Gasteiger partial charge is 0.313 e. The van der Waals surface area contributed by atoms with Crippen molar-refractivity contribution in [2.24, 2.45) is 0 Å². The summed E-state index contributed by atoms with van der Waals surface area (Å²) in [5, 5.41) is 4.43. The zero-order valence-electron chi connectivity index (χ0n) is 12.1. The topological polar surface area (TPSA) is 15.3 Å². The molecule has 2 rings (SSSR count). The summed E-state index contributed by atoms with van der Waals surface area (Å²) >= 11 is 1.94. The number of hydrogen-bond donors (Lipinski definition) is 1. The summed E-state index contributed by atoms with van der Waals surface area (Å²) in [6.07, 6.45) is 4.76. The highest BCUT2D eigenvalue weighted by atomic mass is 32.2. The fraction of sp³-hybridized carbons (Fsp3) is 0.625. The molecule has 3 heteroatoms. The van der Waals surface area contributed by atoms with E-state index in [-0.39, 0.29) is 0 Å². The second kappa shape index (κ2) is 7.93. The Labute approximate surface area is 122 Å². The van der Waals surface area contributed by atoms with Gasteiger partial charge >= 0.3 is 0 Å². The summed E-state index contributed by atoms with van der Waals surface area (Å²) in [7, 11) is 0. The maximum Gasteiger partial charge on any atom is 0.0233 e. The lowest BCUT2D eigenvalue weighted by Gasteiger charge is -2.33. The molecule has 0 aromatic heterocycles. The molecule has 1 aromatic carbocycles. The van der Waals surface area contributed by atoms with Crippen molar-refractivity contribution < 1.29 is 0 Å². The maximum absolute atomic E-state index is 3.71. The molecule has 0 saturated carbocycles. The van der Waals surface area contributed by atoms with Crippen molar-refractivity contribution in [2.45, 2.75) is 37.6 Å². The van der Waals surface area contributed by atoms with Crippen molar-refractivity contribution in [1.82, 2.24) is 10.2 Å². The third kappa shape index (κ3) is 5.17. The minimum absolute atomic E-state index is 0.724. The Kier molecular flexibility index (Phi) is 6.21. The van der Waals surface area contributed by atoms with Gasteiger partial charge in [-0.05, 0) is 37.8 Å². The molecule has 1 aromatic rings. The van der Waals surface area contributed by atoms with Gasteiger partial charge in [0.1, 0.15) is 0 Å². The number of benzene rings is 1. The summed E-state index contributed by atoms with van der Waals surface area (Å²) in [5.41, 5.74) is 1.44. The Morgan fingerprint density at radius 3 is 2.58 bits per heavy atom. The van der Waals surface area contributed by atoms with Crippen molar-refractivity contribution >= 4 is 11.8 Å². The average Bonchev–Trinajstić information content (AvgIpc) is 2.47. The van der Waals surface area contributed by atoms with Gasteiger partial charge in [0.25, 0.3) is 0 Å². The van der Waals surface area contributed by atoms with Gasteiger partial charge in [0.2, 0.25) is 0 Å². The highest BCUT2D eigenvalue weighted by molar-refractivity contribution is 7.99. The molecule has 2 nitrogen and oxygen atoms in total. The normalized spacial score (nSPS) is 19.5. The third-order valence-electron chi connectivity index (χ3n) is 3.93. The molecule has 1 unspecified atom stereocenters. The van der Waals surface area contributed by atoms with Crippen LogP contribution in [0.4, 0.5) is 0 Å². The number of nitrogens with one attached hydrogen (secondary N) is 1. The van der Waals surface area contributed by atoms with Crippen LogP contribution in [0.25, 0.3) is 0 Å². The minimum Gasteiger partial charge on any atom is -0.313 e. The van der Waals surface area contributed by atoms with E-state index in [0.29, 0.717) is 0 Å². The van der Waals surface area contributed by atoms with E-state index < -0.39 is 0 Å². The number of nitrogens with zero attached hydrogens (tertiary/aromatic N) is 1. The third-order valence-corrected chi connectivity index (χ3v) is 4.90. The molecule has 0 bridgehead atoms. The SMILES string of the molecule is CSC(C)CNC1CCN(Cc2ccccc2)CC1. The Hall–Kier alpha value is -0.510. The quantitative estimate of drug-likeness (QED) is 0.861. The monoisotopic (exact) mass is 278 g/mol. The van der Waals surface area contributed by atoms with E-state index in [4.69, 9.17) is 0 Å². The molecule has 0 aliphatic carbocycles. The van der Waals surface area contributed by atoms with Crippen molar-refractivity contribution in [3.05, 3.63) is 35.9 Å². The van der Waals surface area contributed by atoms with Crippen LogP contribution in [-0.2, 0) is 6.54 Å². The number of piperidine rings is 1. The zero-order valence-corrected chi connectivity index (χ0v) is 13.0. The molecule has 1 N–H and O–H groups in total. The molecule has 0 radical (unpaired) electrons. The standard InChI is InChI=1S/C16H26N2S/c1-14(19-2)12-17-16-8-10-18(11-9-16)13-15-6-4-3-5-7-15/h3-7,14,16-17H,8-13H2,1-2H3. The van der Waals surface area contributed by atoms with Crippen LogP contribution in [0.3, 0.4) is 0 Å². The number of rotatable bonds is 6. The van der Waals surface area contributed by atoms with Gasteiger partial charge < -0.3 is 5.32 Å². The molecule has 1 aliphatic heterocycles.